The van der Waals surface area contributed by atoms with Crippen LogP contribution in [0, 0.1) is 16.7 Å². The first kappa shape index (κ1) is 37.4. The van der Waals surface area contributed by atoms with Crippen molar-refractivity contribution < 1.29 is 46.6 Å². The van der Waals surface area contributed by atoms with Crippen molar-refractivity contribution in [2.24, 2.45) is 16.7 Å². The second kappa shape index (κ2) is 14.6. The smallest absolute Gasteiger partial charge is 0.410 e. The lowest BCUT2D eigenvalue weighted by Crippen LogP contribution is -2.57. The Morgan fingerprint density at radius 3 is 2.54 bits per heavy atom. The highest BCUT2D eigenvalue weighted by Crippen LogP contribution is 2.57. The molecule has 1 unspecified atom stereocenters. The summed E-state index contributed by atoms with van der Waals surface area (Å²) in [5.41, 5.74) is -0.285. The van der Waals surface area contributed by atoms with Gasteiger partial charge >= 0.3 is 12.2 Å². The van der Waals surface area contributed by atoms with Gasteiger partial charge in [0, 0.05) is 25.9 Å². The maximum Gasteiger partial charge on any atom is 0.410 e. The Labute approximate surface area is 304 Å². The number of hydrogen-bond donors (Lipinski definition) is 2. The molecule has 1 aromatic carbocycles. The quantitative estimate of drug-likeness (QED) is 0.392. The number of ether oxygens (including phenoxy) is 3. The van der Waals surface area contributed by atoms with Crippen LogP contribution >= 0.6 is 0 Å². The lowest BCUT2D eigenvalue weighted by atomic mass is 9.85. The zero-order chi connectivity index (χ0) is 37.4. The third kappa shape index (κ3) is 8.13. The Hall–Kier alpha value is -4.40. The van der Waals surface area contributed by atoms with E-state index in [1.807, 2.05) is 30.4 Å². The second-order valence-corrected chi connectivity index (χ2v) is 17.5. The van der Waals surface area contributed by atoms with Crippen molar-refractivity contribution in [2.45, 2.75) is 102 Å². The van der Waals surface area contributed by atoms with Crippen LogP contribution in [0.15, 0.2) is 43.0 Å². The first-order valence-electron chi connectivity index (χ1n) is 17.9. The zero-order valence-corrected chi connectivity index (χ0v) is 30.7. The van der Waals surface area contributed by atoms with Gasteiger partial charge in [-0.2, -0.15) is 0 Å². The van der Waals surface area contributed by atoms with Crippen LogP contribution in [0.2, 0.25) is 0 Å². The molecule has 6 rings (SSSR count). The number of carbonyl (C=O) groups excluding carboxylic acids is 5. The topological polar surface area (TPSA) is 178 Å². The molecule has 14 nitrogen and oxygen atoms in total. The van der Waals surface area contributed by atoms with Crippen molar-refractivity contribution in [3.8, 4) is 5.75 Å². The van der Waals surface area contributed by atoms with E-state index < -0.39 is 80.0 Å². The van der Waals surface area contributed by atoms with E-state index in [0.29, 0.717) is 51.1 Å². The van der Waals surface area contributed by atoms with Gasteiger partial charge in [0.15, 0.2) is 5.78 Å². The lowest BCUT2D eigenvalue weighted by Gasteiger charge is -2.35. The van der Waals surface area contributed by atoms with Gasteiger partial charge in [-0.3, -0.25) is 24.0 Å². The van der Waals surface area contributed by atoms with Gasteiger partial charge < -0.3 is 24.4 Å². The number of hydrogen-bond acceptors (Lipinski definition) is 10. The summed E-state index contributed by atoms with van der Waals surface area (Å²) < 4.78 is 44.7. The van der Waals surface area contributed by atoms with E-state index in [1.165, 1.54) is 15.9 Å². The third-order valence-corrected chi connectivity index (χ3v) is 12.4. The van der Waals surface area contributed by atoms with Gasteiger partial charge in [0.05, 0.1) is 29.9 Å². The van der Waals surface area contributed by atoms with Gasteiger partial charge in [0.1, 0.15) is 24.5 Å². The average Bonchev–Trinajstić information content (AvgIpc) is 3.98. The number of amides is 4. The van der Waals surface area contributed by atoms with Gasteiger partial charge in [-0.05, 0) is 66.7 Å². The zero-order valence-electron chi connectivity index (χ0n) is 29.9. The number of carbonyl (C=O) groups is 5. The molecule has 3 fully saturated rings. The summed E-state index contributed by atoms with van der Waals surface area (Å²) in [4.78, 5) is 71.4. The van der Waals surface area contributed by atoms with Crippen LogP contribution in [0.1, 0.15) is 76.8 Å². The molecule has 282 valence electrons. The number of allylic oxidation sites excluding steroid dienone is 2. The molecule has 5 aliphatic rings. The molecule has 0 spiro atoms. The number of sulfonamides is 1. The predicted molar refractivity (Wildman–Crippen MR) is 188 cm³/mol. The number of cyclic esters (lactones) is 1. The van der Waals surface area contributed by atoms with Crippen LogP contribution in [-0.2, 0) is 47.0 Å². The van der Waals surface area contributed by atoms with Crippen LogP contribution in [0.25, 0.3) is 0 Å². The van der Waals surface area contributed by atoms with Crippen molar-refractivity contribution in [1.29, 1.82) is 0 Å². The van der Waals surface area contributed by atoms with Crippen molar-refractivity contribution in [3.63, 3.8) is 0 Å². The standard InChI is InChI=1S/C37H48N4O10S/c1-5-25-18-37(25,33(44)39-52(47,48)28-12-13-28)19-30(42)29-17-27-22-41(29)32(43)31(36(2,3)4)38-34(45)50-15-9-7-6-8-14-49-26-11-10-23-20-40(35(46)51-27)21-24(23)16-26/h5-6,8,10-11,16,25,27-29,31H,1,7,9,12-15,17-22H2,2-4H3,(H,38,45)(H,39,44)/b8-6+/t25-,27+,29?,31+,37-/m0/s1. The average molecular weight is 741 g/mol. The van der Waals surface area contributed by atoms with Crippen molar-refractivity contribution in [3.05, 3.63) is 54.1 Å². The highest BCUT2D eigenvalue weighted by atomic mass is 32.2. The minimum absolute atomic E-state index is 0.0414. The number of benzene rings is 1. The highest BCUT2D eigenvalue weighted by Gasteiger charge is 2.61. The Balaban J connectivity index is 1.25. The van der Waals surface area contributed by atoms with Gasteiger partial charge in [0.2, 0.25) is 21.8 Å². The lowest BCUT2D eigenvalue weighted by molar-refractivity contribution is -0.142. The van der Waals surface area contributed by atoms with Crippen LogP contribution in [0.4, 0.5) is 9.59 Å². The molecular formula is C37H48N4O10S. The van der Waals surface area contributed by atoms with Crippen LogP contribution in [0.3, 0.4) is 0 Å². The summed E-state index contributed by atoms with van der Waals surface area (Å²) in [6.45, 7) is 10.0. The summed E-state index contributed by atoms with van der Waals surface area (Å²) in [7, 11) is -3.87. The molecule has 15 heteroatoms. The van der Waals surface area contributed by atoms with E-state index in [4.69, 9.17) is 14.2 Å². The predicted octanol–water partition coefficient (Wildman–Crippen LogP) is 3.74. The van der Waals surface area contributed by atoms with Gasteiger partial charge in [-0.25, -0.2) is 18.0 Å². The van der Waals surface area contributed by atoms with E-state index in [0.717, 1.165) is 11.1 Å². The molecule has 2 saturated carbocycles. The first-order chi connectivity index (χ1) is 24.6. The molecular weight excluding hydrogens is 692 g/mol. The van der Waals surface area contributed by atoms with Crippen molar-refractivity contribution >= 4 is 39.8 Å². The minimum Gasteiger partial charge on any atom is -0.490 e. The van der Waals surface area contributed by atoms with E-state index in [-0.39, 0.29) is 32.4 Å². The molecule has 3 aliphatic heterocycles. The molecule has 5 bridgehead atoms. The van der Waals surface area contributed by atoms with Crippen LogP contribution in [0.5, 0.6) is 5.75 Å². The number of nitrogens with zero attached hydrogens (tertiary/aromatic N) is 2. The molecule has 1 aromatic rings. The summed E-state index contributed by atoms with van der Waals surface area (Å²) in [6.07, 6.45) is 5.01. The van der Waals surface area contributed by atoms with Crippen LogP contribution in [-0.4, -0.2) is 91.2 Å². The molecule has 1 saturated heterocycles. The molecule has 52 heavy (non-hydrogen) atoms. The number of rotatable bonds is 7. The van der Waals surface area contributed by atoms with Gasteiger partial charge in [-0.15, -0.1) is 6.58 Å². The third-order valence-electron chi connectivity index (χ3n) is 10.5. The SMILES string of the molecule is C=C[C@H]1C[C@@]1(CC(=O)C1C[C@@H]2CN1C(=O)[C@H](C(C)(C)C)NC(=O)OCCC/C=C/COc1ccc3c(c1)CN(C3)C(=O)O2)C(=O)NS(=O)(=O)C1CC1. The number of nitrogens with one attached hydrogen (secondary N) is 2. The molecule has 2 aliphatic carbocycles. The number of ketones is 1. The van der Waals surface area contributed by atoms with Gasteiger partial charge in [-0.1, -0.05) is 45.1 Å². The van der Waals surface area contributed by atoms with Crippen molar-refractivity contribution in [1.82, 2.24) is 19.8 Å². The molecule has 0 radical (unpaired) electrons. The van der Waals surface area contributed by atoms with Crippen molar-refractivity contribution in [2.75, 3.05) is 19.8 Å². The Kier molecular flexibility index (Phi) is 10.5. The van der Waals surface area contributed by atoms with E-state index >= 15 is 0 Å². The monoisotopic (exact) mass is 740 g/mol. The van der Waals surface area contributed by atoms with Gasteiger partial charge in [0.25, 0.3) is 0 Å². The normalized spacial score (nSPS) is 29.1. The number of fused-ring (bicyclic) bond motifs is 4. The fourth-order valence-electron chi connectivity index (χ4n) is 7.22. The Morgan fingerprint density at radius 1 is 1.10 bits per heavy atom. The molecule has 2 N–H and O–H groups in total. The maximum atomic E-state index is 14.4. The number of alkyl carbamates (subject to hydrolysis) is 1. The fraction of sp³-hybridized carbons (Fsp3) is 0.595. The highest BCUT2D eigenvalue weighted by molar-refractivity contribution is 7.90. The summed E-state index contributed by atoms with van der Waals surface area (Å²) >= 11 is 0. The summed E-state index contributed by atoms with van der Waals surface area (Å²) in [5.74, 6) is -1.59. The first-order valence-corrected chi connectivity index (χ1v) is 19.5. The summed E-state index contributed by atoms with van der Waals surface area (Å²) in [6, 6.07) is 3.41. The maximum absolute atomic E-state index is 14.4. The molecule has 3 heterocycles. The largest absolute Gasteiger partial charge is 0.490 e. The number of Topliss-reactive ketones (excluding diaryl/α,β-unsaturated/α-hetero) is 1. The summed E-state index contributed by atoms with van der Waals surface area (Å²) in [5, 5.41) is 2.06. The molecule has 4 amide bonds. The van der Waals surface area contributed by atoms with E-state index in [9.17, 15) is 32.4 Å². The minimum atomic E-state index is -3.87. The van der Waals surface area contributed by atoms with Crippen LogP contribution < -0.4 is 14.8 Å². The molecule has 5 atom stereocenters. The Bertz CT molecular complexity index is 1770. The molecule has 0 aromatic heterocycles. The second-order valence-electron chi connectivity index (χ2n) is 15.6. The fourth-order valence-corrected chi connectivity index (χ4v) is 8.60. The van der Waals surface area contributed by atoms with E-state index in [1.54, 1.807) is 20.8 Å². The Morgan fingerprint density at radius 2 is 1.85 bits per heavy atom. The van der Waals surface area contributed by atoms with E-state index in [2.05, 4.69) is 16.6 Å².